The van der Waals surface area contributed by atoms with E-state index in [4.69, 9.17) is 4.74 Å². The Hall–Kier alpha value is -2.44. The van der Waals surface area contributed by atoms with Gasteiger partial charge < -0.3 is 14.6 Å². The molecule has 0 aliphatic rings. The molecular formula is C16H20FN3O3. The second-order valence-corrected chi connectivity index (χ2v) is 6.18. The minimum Gasteiger partial charge on any atom is -0.444 e. The van der Waals surface area contributed by atoms with Crippen molar-refractivity contribution in [2.45, 2.75) is 39.3 Å². The number of amides is 1. The zero-order valence-electron chi connectivity index (χ0n) is 13.4. The molecule has 23 heavy (non-hydrogen) atoms. The molecule has 0 saturated carbocycles. The molecular weight excluding hydrogens is 301 g/mol. The Morgan fingerprint density at radius 3 is 2.83 bits per heavy atom. The summed E-state index contributed by atoms with van der Waals surface area (Å²) >= 11 is 0. The Bertz CT molecular complexity index is 765. The summed E-state index contributed by atoms with van der Waals surface area (Å²) in [5.41, 5.74) is -0.954. The Balaban J connectivity index is 1.96. The van der Waals surface area contributed by atoms with Gasteiger partial charge in [0, 0.05) is 30.9 Å². The molecule has 0 aliphatic carbocycles. The second kappa shape index (κ2) is 6.76. The number of nitrogens with zero attached hydrogens (tertiary/aromatic N) is 2. The maximum atomic E-state index is 13.7. The van der Waals surface area contributed by atoms with Crippen LogP contribution in [-0.2, 0) is 11.3 Å². The molecule has 2 aromatic heterocycles. The summed E-state index contributed by atoms with van der Waals surface area (Å²) < 4.78 is 20.3. The summed E-state index contributed by atoms with van der Waals surface area (Å²) in [6.45, 7) is 6.07. The number of fused-ring (bicyclic) bond motifs is 1. The molecule has 0 fully saturated rings. The van der Waals surface area contributed by atoms with Gasteiger partial charge in [0.05, 0.1) is 11.6 Å². The summed E-state index contributed by atoms with van der Waals surface area (Å²) in [5, 5.41) is 3.12. The number of aromatic nitrogens is 2. The van der Waals surface area contributed by atoms with Crippen molar-refractivity contribution in [3.8, 4) is 0 Å². The number of aryl methyl sites for hydroxylation is 1. The number of hydrogen-bond donors (Lipinski definition) is 1. The molecule has 0 atom stereocenters. The summed E-state index contributed by atoms with van der Waals surface area (Å²) in [6.07, 6.45) is 4.10. The normalized spacial score (nSPS) is 11.5. The van der Waals surface area contributed by atoms with E-state index in [9.17, 15) is 14.0 Å². The first kappa shape index (κ1) is 16.9. The third-order valence-corrected chi connectivity index (χ3v) is 3.08. The first-order valence-corrected chi connectivity index (χ1v) is 7.37. The van der Waals surface area contributed by atoms with E-state index in [1.165, 1.54) is 10.8 Å². The number of carbonyl (C=O) groups is 1. The number of ether oxygens (including phenoxy) is 1. The van der Waals surface area contributed by atoms with Gasteiger partial charge in [0.25, 0.3) is 5.56 Å². The predicted molar refractivity (Wildman–Crippen MR) is 84.8 cm³/mol. The van der Waals surface area contributed by atoms with E-state index in [1.807, 2.05) is 0 Å². The predicted octanol–water partition coefficient (Wildman–Crippen LogP) is 2.45. The number of nitrogens with one attached hydrogen (secondary N) is 1. The van der Waals surface area contributed by atoms with Crippen molar-refractivity contribution in [1.29, 1.82) is 0 Å². The highest BCUT2D eigenvalue weighted by atomic mass is 19.1. The molecule has 0 saturated heterocycles. The molecule has 124 valence electrons. The molecule has 6 nitrogen and oxygen atoms in total. The standard InChI is InChI=1S/C16H20FN3O3/c1-16(2,3)23-15(22)19-6-4-7-20-8-5-11-9-18-10-12(17)13(11)14(20)21/h5,8-10H,4,6-7H2,1-3H3,(H,19,22). The van der Waals surface area contributed by atoms with Crippen LogP contribution in [0.3, 0.4) is 0 Å². The highest BCUT2D eigenvalue weighted by molar-refractivity contribution is 5.80. The summed E-state index contributed by atoms with van der Waals surface area (Å²) in [5.74, 6) is -0.631. The van der Waals surface area contributed by atoms with Crippen LogP contribution in [0, 0.1) is 5.82 Å². The fourth-order valence-corrected chi connectivity index (χ4v) is 2.11. The lowest BCUT2D eigenvalue weighted by Gasteiger charge is -2.19. The number of halogens is 1. The van der Waals surface area contributed by atoms with Crippen molar-refractivity contribution in [3.05, 3.63) is 40.8 Å². The van der Waals surface area contributed by atoms with Crippen LogP contribution in [0.4, 0.5) is 9.18 Å². The third kappa shape index (κ3) is 4.51. The van der Waals surface area contributed by atoms with Crippen molar-refractivity contribution in [2.24, 2.45) is 0 Å². The molecule has 7 heteroatoms. The quantitative estimate of drug-likeness (QED) is 0.878. The summed E-state index contributed by atoms with van der Waals surface area (Å²) in [4.78, 5) is 27.5. The Morgan fingerprint density at radius 2 is 2.13 bits per heavy atom. The van der Waals surface area contributed by atoms with E-state index >= 15 is 0 Å². The lowest BCUT2D eigenvalue weighted by molar-refractivity contribution is 0.0526. The SMILES string of the molecule is CC(C)(C)OC(=O)NCCCn1ccc2cncc(F)c2c1=O. The molecule has 2 rings (SSSR count). The van der Waals surface area contributed by atoms with Crippen molar-refractivity contribution in [3.63, 3.8) is 0 Å². The molecule has 1 amide bonds. The maximum Gasteiger partial charge on any atom is 0.407 e. The van der Waals surface area contributed by atoms with Crippen LogP contribution in [0.25, 0.3) is 10.8 Å². The van der Waals surface area contributed by atoms with Gasteiger partial charge in [-0.2, -0.15) is 0 Å². The van der Waals surface area contributed by atoms with Gasteiger partial charge in [0.15, 0.2) is 5.82 Å². The van der Waals surface area contributed by atoms with Crippen LogP contribution < -0.4 is 10.9 Å². The highest BCUT2D eigenvalue weighted by Gasteiger charge is 2.15. The molecule has 0 unspecified atom stereocenters. The minimum atomic E-state index is -0.631. The van der Waals surface area contributed by atoms with Crippen LogP contribution in [0.15, 0.2) is 29.5 Å². The monoisotopic (exact) mass is 321 g/mol. The number of rotatable bonds is 4. The Morgan fingerprint density at radius 1 is 1.39 bits per heavy atom. The number of hydrogen-bond acceptors (Lipinski definition) is 4. The van der Waals surface area contributed by atoms with Crippen molar-refractivity contribution >= 4 is 16.9 Å². The number of pyridine rings is 2. The van der Waals surface area contributed by atoms with Gasteiger partial charge in [0.2, 0.25) is 0 Å². The van der Waals surface area contributed by atoms with E-state index < -0.39 is 23.1 Å². The largest absolute Gasteiger partial charge is 0.444 e. The van der Waals surface area contributed by atoms with Gasteiger partial charge in [-0.05, 0) is 33.3 Å². The van der Waals surface area contributed by atoms with Crippen LogP contribution in [0.1, 0.15) is 27.2 Å². The van der Waals surface area contributed by atoms with Gasteiger partial charge in [-0.25, -0.2) is 9.18 Å². The number of carbonyl (C=O) groups excluding carboxylic acids is 1. The highest BCUT2D eigenvalue weighted by Crippen LogP contribution is 2.11. The first-order chi connectivity index (χ1) is 10.8. The molecule has 2 aromatic rings. The molecule has 0 radical (unpaired) electrons. The van der Waals surface area contributed by atoms with Gasteiger partial charge in [-0.3, -0.25) is 9.78 Å². The van der Waals surface area contributed by atoms with Crippen molar-refractivity contribution in [1.82, 2.24) is 14.9 Å². The molecule has 0 aliphatic heterocycles. The van der Waals surface area contributed by atoms with E-state index in [1.54, 1.807) is 33.0 Å². The lowest BCUT2D eigenvalue weighted by atomic mass is 10.2. The van der Waals surface area contributed by atoms with Crippen LogP contribution in [0.5, 0.6) is 0 Å². The van der Waals surface area contributed by atoms with E-state index in [0.29, 0.717) is 24.9 Å². The van der Waals surface area contributed by atoms with Gasteiger partial charge in [0.1, 0.15) is 5.60 Å². The summed E-state index contributed by atoms with van der Waals surface area (Å²) in [7, 11) is 0. The molecule has 1 N–H and O–H groups in total. The number of alkyl carbamates (subject to hydrolysis) is 1. The molecule has 0 aromatic carbocycles. The topological polar surface area (TPSA) is 73.2 Å². The molecule has 0 bridgehead atoms. The van der Waals surface area contributed by atoms with Crippen molar-refractivity contribution < 1.29 is 13.9 Å². The smallest absolute Gasteiger partial charge is 0.407 e. The molecule has 0 spiro atoms. The van der Waals surface area contributed by atoms with Crippen LogP contribution >= 0.6 is 0 Å². The van der Waals surface area contributed by atoms with Gasteiger partial charge in [-0.15, -0.1) is 0 Å². The van der Waals surface area contributed by atoms with Crippen molar-refractivity contribution in [2.75, 3.05) is 6.54 Å². The summed E-state index contributed by atoms with van der Waals surface area (Å²) in [6, 6.07) is 1.65. The average molecular weight is 321 g/mol. The average Bonchev–Trinajstić information content (AvgIpc) is 2.43. The van der Waals surface area contributed by atoms with Gasteiger partial charge in [-0.1, -0.05) is 0 Å². The Labute approximate surface area is 133 Å². The first-order valence-electron chi connectivity index (χ1n) is 7.37. The second-order valence-electron chi connectivity index (χ2n) is 6.18. The van der Waals surface area contributed by atoms with E-state index in [2.05, 4.69) is 10.3 Å². The maximum absolute atomic E-state index is 13.7. The minimum absolute atomic E-state index is 0.0302. The fraction of sp³-hybridized carbons (Fsp3) is 0.438. The fourth-order valence-electron chi connectivity index (χ4n) is 2.11. The third-order valence-electron chi connectivity index (χ3n) is 3.08. The molecule has 2 heterocycles. The zero-order chi connectivity index (χ0) is 17.0. The van der Waals surface area contributed by atoms with E-state index in [-0.39, 0.29) is 5.39 Å². The van der Waals surface area contributed by atoms with Crippen LogP contribution in [-0.4, -0.2) is 27.8 Å². The zero-order valence-corrected chi connectivity index (χ0v) is 13.4. The van der Waals surface area contributed by atoms with E-state index in [0.717, 1.165) is 6.20 Å². The van der Waals surface area contributed by atoms with Gasteiger partial charge >= 0.3 is 6.09 Å². The Kier molecular flexibility index (Phi) is 4.98. The lowest BCUT2D eigenvalue weighted by Crippen LogP contribution is -2.33. The van der Waals surface area contributed by atoms with Crippen LogP contribution in [0.2, 0.25) is 0 Å².